The van der Waals surface area contributed by atoms with Gasteiger partial charge in [-0.1, -0.05) is 0 Å². The monoisotopic (exact) mass is 422 g/mol. The van der Waals surface area contributed by atoms with Crippen LogP contribution in [-0.2, 0) is 15.9 Å². The first-order valence-corrected chi connectivity index (χ1v) is 11.3. The van der Waals surface area contributed by atoms with Crippen molar-refractivity contribution >= 4 is 6.09 Å². The molecule has 1 unspecified atom stereocenters. The van der Waals surface area contributed by atoms with E-state index in [0.29, 0.717) is 12.5 Å². The summed E-state index contributed by atoms with van der Waals surface area (Å²) in [5.41, 5.74) is 4.92. The minimum absolute atomic E-state index is 0.0119. The average Bonchev–Trinajstić information content (AvgIpc) is 3.12. The fraction of sp³-hybridized carbons (Fsp3) is 0.818. The molecule has 30 heavy (non-hydrogen) atoms. The van der Waals surface area contributed by atoms with Gasteiger partial charge in [0.2, 0.25) is 0 Å². The van der Waals surface area contributed by atoms with Crippen molar-refractivity contribution in [3.8, 4) is 0 Å². The molecule has 0 bridgehead atoms. The van der Waals surface area contributed by atoms with Gasteiger partial charge in [0.25, 0.3) is 0 Å². The second-order valence-corrected chi connectivity index (χ2v) is 9.54. The molecule has 1 atom stereocenters. The Morgan fingerprint density at radius 3 is 2.67 bits per heavy atom. The number of hydrazine groups is 1. The number of carbonyl (C=O) groups excluding carboxylic acids is 1. The Balaban J connectivity index is 1.64. The third-order valence-corrected chi connectivity index (χ3v) is 5.79. The molecule has 2 aliphatic rings. The molecule has 1 amide bonds. The minimum atomic E-state index is -0.521. The van der Waals surface area contributed by atoms with Gasteiger partial charge >= 0.3 is 6.09 Å². The van der Waals surface area contributed by atoms with Crippen LogP contribution in [0.2, 0.25) is 0 Å². The van der Waals surface area contributed by atoms with Crippen LogP contribution in [0.4, 0.5) is 4.79 Å². The third kappa shape index (κ3) is 6.43. The summed E-state index contributed by atoms with van der Waals surface area (Å²) >= 11 is 0. The molecule has 1 aromatic rings. The van der Waals surface area contributed by atoms with E-state index in [4.69, 9.17) is 14.6 Å². The van der Waals surface area contributed by atoms with Crippen molar-refractivity contribution in [1.29, 1.82) is 0 Å². The quantitative estimate of drug-likeness (QED) is 0.682. The van der Waals surface area contributed by atoms with Gasteiger partial charge in [0.15, 0.2) is 0 Å². The lowest BCUT2D eigenvalue weighted by Gasteiger charge is -2.26. The largest absolute Gasteiger partial charge is 0.443 e. The molecule has 0 radical (unpaired) electrons. The zero-order chi connectivity index (χ0) is 21.7. The zero-order valence-corrected chi connectivity index (χ0v) is 18.9. The maximum Gasteiger partial charge on any atom is 0.424 e. The molecule has 8 heteroatoms. The van der Waals surface area contributed by atoms with E-state index in [1.54, 1.807) is 7.05 Å². The molecular formula is C22H38N4O4. The van der Waals surface area contributed by atoms with E-state index in [2.05, 4.69) is 11.6 Å². The molecule has 8 nitrogen and oxygen atoms in total. The number of amides is 1. The van der Waals surface area contributed by atoms with Gasteiger partial charge in [0.05, 0.1) is 11.8 Å². The molecule has 1 saturated heterocycles. The summed E-state index contributed by atoms with van der Waals surface area (Å²) in [5.74, 6) is 0.372. The van der Waals surface area contributed by atoms with Crippen LogP contribution in [0.3, 0.4) is 0 Å². The molecule has 1 aliphatic carbocycles. The second-order valence-electron chi connectivity index (χ2n) is 9.54. The van der Waals surface area contributed by atoms with E-state index in [0.717, 1.165) is 63.7 Å². The Morgan fingerprint density at radius 1 is 1.30 bits per heavy atom. The molecule has 0 spiro atoms. The molecule has 2 N–H and O–H groups in total. The number of aromatic nitrogens is 2. The van der Waals surface area contributed by atoms with E-state index in [1.807, 2.05) is 25.5 Å². The fourth-order valence-corrected chi connectivity index (χ4v) is 4.16. The summed E-state index contributed by atoms with van der Waals surface area (Å²) in [6, 6.07) is 0. The first-order chi connectivity index (χ1) is 14.2. The third-order valence-electron chi connectivity index (χ3n) is 5.79. The maximum atomic E-state index is 12.1. The van der Waals surface area contributed by atoms with Crippen molar-refractivity contribution in [1.82, 2.24) is 20.2 Å². The predicted molar refractivity (Wildman–Crippen MR) is 114 cm³/mol. The van der Waals surface area contributed by atoms with E-state index < -0.39 is 11.7 Å². The number of carbonyl (C=O) groups is 1. The first-order valence-electron chi connectivity index (χ1n) is 11.3. The summed E-state index contributed by atoms with van der Waals surface area (Å²) in [6.07, 6.45) is 9.15. The van der Waals surface area contributed by atoms with Crippen LogP contribution in [0, 0.1) is 0 Å². The van der Waals surface area contributed by atoms with Crippen LogP contribution in [0.5, 0.6) is 0 Å². The lowest BCUT2D eigenvalue weighted by Crippen LogP contribution is -2.43. The molecule has 2 fully saturated rings. The van der Waals surface area contributed by atoms with Crippen molar-refractivity contribution in [2.24, 2.45) is 0 Å². The molecule has 3 rings (SSSR count). The molecule has 0 aromatic carbocycles. The van der Waals surface area contributed by atoms with Crippen molar-refractivity contribution in [3.05, 3.63) is 17.5 Å². The second kappa shape index (κ2) is 10.1. The highest BCUT2D eigenvalue weighted by atomic mass is 16.6. The highest BCUT2D eigenvalue weighted by Gasteiger charge is 2.27. The summed E-state index contributed by atoms with van der Waals surface area (Å²) < 4.78 is 13.3. The Morgan fingerprint density at radius 2 is 2.03 bits per heavy atom. The van der Waals surface area contributed by atoms with Gasteiger partial charge in [0.1, 0.15) is 11.8 Å². The number of nitrogens with one attached hydrogen (secondary N) is 1. The van der Waals surface area contributed by atoms with Crippen molar-refractivity contribution < 1.29 is 19.4 Å². The highest BCUT2D eigenvalue weighted by Crippen LogP contribution is 2.35. The summed E-state index contributed by atoms with van der Waals surface area (Å²) in [7, 11) is 1.68. The van der Waals surface area contributed by atoms with Crippen LogP contribution in [0.25, 0.3) is 0 Å². The molecule has 170 valence electrons. The smallest absolute Gasteiger partial charge is 0.424 e. The number of ether oxygens (including phenoxy) is 2. The number of aliphatic hydroxyl groups is 1. The lowest BCUT2D eigenvalue weighted by molar-refractivity contribution is -0.0398. The van der Waals surface area contributed by atoms with Gasteiger partial charge in [-0.2, -0.15) is 5.10 Å². The van der Waals surface area contributed by atoms with Gasteiger partial charge in [-0.15, -0.1) is 0 Å². The number of rotatable bonds is 6. The Hall–Kier alpha value is -1.64. The molecular weight excluding hydrogens is 384 g/mol. The Labute approximate surface area is 179 Å². The van der Waals surface area contributed by atoms with Crippen LogP contribution in [0.1, 0.15) is 89.1 Å². The van der Waals surface area contributed by atoms with Gasteiger partial charge in [0, 0.05) is 32.3 Å². The van der Waals surface area contributed by atoms with Crippen molar-refractivity contribution in [3.63, 3.8) is 0 Å². The van der Waals surface area contributed by atoms with Crippen LogP contribution in [-0.4, -0.2) is 57.9 Å². The van der Waals surface area contributed by atoms with E-state index in [1.165, 1.54) is 10.6 Å². The first kappa shape index (κ1) is 23.0. The van der Waals surface area contributed by atoms with Gasteiger partial charge in [-0.3, -0.25) is 0 Å². The zero-order valence-electron chi connectivity index (χ0n) is 18.9. The number of hydrogen-bond donors (Lipinski definition) is 2. The topological polar surface area (TPSA) is 88.9 Å². The Kier molecular flexibility index (Phi) is 7.76. The van der Waals surface area contributed by atoms with Crippen LogP contribution >= 0.6 is 0 Å². The average molecular weight is 423 g/mol. The van der Waals surface area contributed by atoms with Gasteiger partial charge in [-0.25, -0.2) is 19.9 Å². The van der Waals surface area contributed by atoms with E-state index in [-0.39, 0.29) is 12.3 Å². The van der Waals surface area contributed by atoms with Crippen molar-refractivity contribution in [2.45, 2.75) is 96.0 Å². The standard InChI is InChI=1S/C22H38N4O4/c1-22(2,3)30-21(28)25(4)23-13-12-17-15-26(19-7-5-6-14-29-19)24-20(17)16-8-10-18(27)11-9-16/h15-16,18-19,23,27H,5-14H2,1-4H3. The maximum absolute atomic E-state index is 12.1. The van der Waals surface area contributed by atoms with E-state index in [9.17, 15) is 9.90 Å². The normalized spacial score (nSPS) is 25.2. The van der Waals surface area contributed by atoms with Crippen LogP contribution in [0.15, 0.2) is 6.20 Å². The fourth-order valence-electron chi connectivity index (χ4n) is 4.16. The highest BCUT2D eigenvalue weighted by molar-refractivity contribution is 5.67. The van der Waals surface area contributed by atoms with E-state index >= 15 is 0 Å². The lowest BCUT2D eigenvalue weighted by atomic mass is 9.84. The number of hydrogen-bond acceptors (Lipinski definition) is 6. The summed E-state index contributed by atoms with van der Waals surface area (Å²) in [6.45, 7) is 6.96. The SMILES string of the molecule is CN(NCCc1cn(C2CCCCO2)nc1C1CCC(O)CC1)C(=O)OC(C)(C)C. The molecule has 2 heterocycles. The number of nitrogens with zero attached hydrogens (tertiary/aromatic N) is 3. The molecule has 1 saturated carbocycles. The molecule has 1 aromatic heterocycles. The predicted octanol–water partition coefficient (Wildman–Crippen LogP) is 3.51. The van der Waals surface area contributed by atoms with Crippen molar-refractivity contribution in [2.75, 3.05) is 20.2 Å². The summed E-state index contributed by atoms with van der Waals surface area (Å²) in [5, 5.41) is 16.2. The minimum Gasteiger partial charge on any atom is -0.443 e. The van der Waals surface area contributed by atoms with Gasteiger partial charge in [-0.05, 0) is 77.7 Å². The number of aliphatic hydroxyl groups excluding tert-OH is 1. The molecule has 1 aliphatic heterocycles. The Bertz CT molecular complexity index is 686. The van der Waals surface area contributed by atoms with Crippen LogP contribution < -0.4 is 5.43 Å². The van der Waals surface area contributed by atoms with Gasteiger partial charge < -0.3 is 14.6 Å². The summed E-state index contributed by atoms with van der Waals surface area (Å²) in [4.78, 5) is 12.1.